The molecule has 3 N–H and O–H groups in total. The van der Waals surface area contributed by atoms with Crippen molar-refractivity contribution in [2.75, 3.05) is 25.1 Å². The molecule has 1 fully saturated rings. The molecule has 28 heavy (non-hydrogen) atoms. The molecule has 11 heteroatoms. The van der Waals surface area contributed by atoms with Crippen LogP contribution in [-0.2, 0) is 14.3 Å². The third-order valence-corrected chi connectivity index (χ3v) is 4.07. The van der Waals surface area contributed by atoms with Crippen molar-refractivity contribution in [3.8, 4) is 6.07 Å². The number of rotatable bonds is 5. The van der Waals surface area contributed by atoms with E-state index in [0.29, 0.717) is 31.0 Å². The van der Waals surface area contributed by atoms with Crippen LogP contribution in [0.1, 0.15) is 24.1 Å². The summed E-state index contributed by atoms with van der Waals surface area (Å²) in [5.74, 6) is -3.93. The second kappa shape index (κ2) is 10.5. The fourth-order valence-electron chi connectivity index (χ4n) is 2.59. The summed E-state index contributed by atoms with van der Waals surface area (Å²) in [6.07, 6.45) is -2.06. The highest BCUT2D eigenvalue weighted by molar-refractivity contribution is 5.73. The van der Waals surface area contributed by atoms with E-state index in [1.54, 1.807) is 6.07 Å². The van der Waals surface area contributed by atoms with E-state index in [1.165, 1.54) is 6.20 Å². The van der Waals surface area contributed by atoms with Gasteiger partial charge in [0.15, 0.2) is 0 Å². The van der Waals surface area contributed by atoms with Crippen molar-refractivity contribution < 1.29 is 37.7 Å². The summed E-state index contributed by atoms with van der Waals surface area (Å²) in [5, 5.41) is 28.7. The number of carbonyl (C=O) groups is 2. The second-order valence-electron chi connectivity index (χ2n) is 6.06. The molecule has 2 rings (SSSR count). The van der Waals surface area contributed by atoms with Gasteiger partial charge in [-0.25, -0.2) is 4.79 Å². The summed E-state index contributed by atoms with van der Waals surface area (Å²) in [7, 11) is 0. The van der Waals surface area contributed by atoms with Gasteiger partial charge in [0.2, 0.25) is 0 Å². The van der Waals surface area contributed by atoms with Gasteiger partial charge in [-0.2, -0.15) is 18.4 Å². The molecule has 0 aromatic carbocycles. The Labute approximate surface area is 158 Å². The number of hydrogen-bond acceptors (Lipinski definition) is 6. The normalized spacial score (nSPS) is 15.5. The van der Waals surface area contributed by atoms with E-state index in [4.69, 9.17) is 19.9 Å². The molecule has 1 aromatic heterocycles. The number of hydrogen-bond donors (Lipinski definition) is 3. The summed E-state index contributed by atoms with van der Waals surface area (Å²) < 4.78 is 37.0. The molecule has 1 atom stereocenters. The Morgan fingerprint density at radius 3 is 2.43 bits per heavy atom. The summed E-state index contributed by atoms with van der Waals surface area (Å²) >= 11 is 0. The smallest absolute Gasteiger partial charge is 0.481 e. The van der Waals surface area contributed by atoms with Gasteiger partial charge in [0.1, 0.15) is 6.07 Å². The van der Waals surface area contributed by atoms with E-state index in [2.05, 4.69) is 16.4 Å². The summed E-state index contributed by atoms with van der Waals surface area (Å²) in [6, 6.07) is 3.83. The van der Waals surface area contributed by atoms with Crippen LogP contribution in [0.5, 0.6) is 0 Å². The van der Waals surface area contributed by atoms with Crippen LogP contribution >= 0.6 is 0 Å². The Bertz CT molecular complexity index is 728. The standard InChI is InChI=1S/C15H19N3O3.C2HF3O2/c1-10-6-14(12(7-16)8-17-10)18-9-13(15(19)20)11-2-4-21-5-3-11;3-2(4,5)1(6)7/h6,8,11,13H,2-5,9H2,1H3,(H,17,18)(H,19,20);(H,6,7). The summed E-state index contributed by atoms with van der Waals surface area (Å²) in [5.41, 5.74) is 1.86. The fourth-order valence-corrected chi connectivity index (χ4v) is 2.59. The van der Waals surface area contributed by atoms with E-state index in [0.717, 1.165) is 18.5 Å². The van der Waals surface area contributed by atoms with Crippen molar-refractivity contribution in [2.45, 2.75) is 25.9 Å². The maximum Gasteiger partial charge on any atom is 0.490 e. The third-order valence-electron chi connectivity index (χ3n) is 4.07. The molecule has 154 valence electrons. The zero-order chi connectivity index (χ0) is 21.3. The average molecular weight is 403 g/mol. The average Bonchev–Trinajstić information content (AvgIpc) is 2.62. The van der Waals surface area contributed by atoms with Crippen LogP contribution in [0.25, 0.3) is 0 Å². The molecule has 0 bridgehead atoms. The van der Waals surface area contributed by atoms with Crippen LogP contribution in [0.4, 0.5) is 18.9 Å². The maximum atomic E-state index is 11.5. The predicted molar refractivity (Wildman–Crippen MR) is 90.5 cm³/mol. The molecule has 1 aliphatic rings. The van der Waals surface area contributed by atoms with Gasteiger partial charge in [-0.1, -0.05) is 0 Å². The van der Waals surface area contributed by atoms with E-state index in [9.17, 15) is 23.1 Å². The Balaban J connectivity index is 0.000000480. The quantitative estimate of drug-likeness (QED) is 0.683. The highest BCUT2D eigenvalue weighted by Crippen LogP contribution is 2.25. The molecule has 0 saturated carbocycles. The Kier molecular flexibility index (Phi) is 8.66. The van der Waals surface area contributed by atoms with Crippen LogP contribution in [-0.4, -0.2) is 53.1 Å². The van der Waals surface area contributed by atoms with Gasteiger partial charge in [0.05, 0.1) is 17.2 Å². The molecule has 0 aliphatic carbocycles. The minimum absolute atomic E-state index is 0.109. The number of anilines is 1. The van der Waals surface area contributed by atoms with Gasteiger partial charge >= 0.3 is 18.1 Å². The van der Waals surface area contributed by atoms with E-state index >= 15 is 0 Å². The van der Waals surface area contributed by atoms with Gasteiger partial charge in [-0.3, -0.25) is 9.78 Å². The first-order valence-corrected chi connectivity index (χ1v) is 8.27. The molecule has 1 aliphatic heterocycles. The zero-order valence-electron chi connectivity index (χ0n) is 15.0. The largest absolute Gasteiger partial charge is 0.490 e. The summed E-state index contributed by atoms with van der Waals surface area (Å²) in [4.78, 5) is 24.4. The lowest BCUT2D eigenvalue weighted by molar-refractivity contribution is -0.192. The molecule has 0 radical (unpaired) electrons. The molecule has 1 unspecified atom stereocenters. The number of carboxylic acids is 2. The Morgan fingerprint density at radius 1 is 1.39 bits per heavy atom. The van der Waals surface area contributed by atoms with Gasteiger partial charge in [-0.15, -0.1) is 0 Å². The number of aromatic nitrogens is 1. The number of alkyl halides is 3. The van der Waals surface area contributed by atoms with Gasteiger partial charge in [0, 0.05) is 31.6 Å². The predicted octanol–water partition coefficient (Wildman–Crippen LogP) is 2.43. The number of pyridine rings is 1. The van der Waals surface area contributed by atoms with Crippen LogP contribution < -0.4 is 5.32 Å². The van der Waals surface area contributed by atoms with Crippen LogP contribution in [0, 0.1) is 30.1 Å². The van der Waals surface area contributed by atoms with Crippen molar-refractivity contribution in [3.05, 3.63) is 23.5 Å². The first kappa shape index (κ1) is 23.2. The van der Waals surface area contributed by atoms with Crippen molar-refractivity contribution >= 4 is 17.6 Å². The number of ether oxygens (including phenoxy) is 1. The Morgan fingerprint density at radius 2 is 1.96 bits per heavy atom. The molecular weight excluding hydrogens is 383 g/mol. The van der Waals surface area contributed by atoms with Crippen LogP contribution in [0.2, 0.25) is 0 Å². The molecule has 0 amide bonds. The molecule has 1 aromatic rings. The minimum Gasteiger partial charge on any atom is -0.481 e. The van der Waals surface area contributed by atoms with E-state index in [1.807, 2.05) is 6.92 Å². The number of nitriles is 1. The molecule has 8 nitrogen and oxygen atoms in total. The molecule has 1 saturated heterocycles. The van der Waals surface area contributed by atoms with Gasteiger partial charge in [-0.05, 0) is 31.7 Å². The van der Waals surface area contributed by atoms with Crippen molar-refractivity contribution in [1.29, 1.82) is 5.26 Å². The van der Waals surface area contributed by atoms with Crippen LogP contribution in [0.3, 0.4) is 0 Å². The number of nitrogens with zero attached hydrogens (tertiary/aromatic N) is 2. The van der Waals surface area contributed by atoms with Crippen LogP contribution in [0.15, 0.2) is 12.3 Å². The van der Waals surface area contributed by atoms with E-state index in [-0.39, 0.29) is 5.92 Å². The lowest BCUT2D eigenvalue weighted by Gasteiger charge is -2.28. The number of nitrogens with one attached hydrogen (secondary N) is 1. The highest BCUT2D eigenvalue weighted by Gasteiger charge is 2.38. The zero-order valence-corrected chi connectivity index (χ0v) is 15.0. The summed E-state index contributed by atoms with van der Waals surface area (Å²) in [6.45, 7) is 3.37. The fraction of sp³-hybridized carbons (Fsp3) is 0.529. The molecular formula is C17H20F3N3O5. The number of aryl methyl sites for hydroxylation is 1. The second-order valence-corrected chi connectivity index (χ2v) is 6.06. The lowest BCUT2D eigenvalue weighted by atomic mass is 9.86. The Hall–Kier alpha value is -2.87. The molecule has 2 heterocycles. The van der Waals surface area contributed by atoms with Gasteiger partial charge < -0.3 is 20.3 Å². The van der Waals surface area contributed by atoms with Crippen molar-refractivity contribution in [3.63, 3.8) is 0 Å². The lowest BCUT2D eigenvalue weighted by Crippen LogP contribution is -2.34. The van der Waals surface area contributed by atoms with Crippen molar-refractivity contribution in [2.24, 2.45) is 11.8 Å². The maximum absolute atomic E-state index is 11.5. The van der Waals surface area contributed by atoms with E-state index < -0.39 is 24.0 Å². The first-order chi connectivity index (χ1) is 13.1. The SMILES string of the molecule is Cc1cc(NCC(C(=O)O)C2CCOCC2)c(C#N)cn1.O=C(O)C(F)(F)F. The van der Waals surface area contributed by atoms with Gasteiger partial charge in [0.25, 0.3) is 0 Å². The minimum atomic E-state index is -5.08. The first-order valence-electron chi connectivity index (χ1n) is 8.27. The highest BCUT2D eigenvalue weighted by atomic mass is 19.4. The van der Waals surface area contributed by atoms with Crippen molar-refractivity contribution in [1.82, 2.24) is 4.98 Å². The number of halogens is 3. The molecule has 0 spiro atoms. The topological polar surface area (TPSA) is 133 Å². The monoisotopic (exact) mass is 403 g/mol. The third kappa shape index (κ3) is 7.40. The number of aliphatic carboxylic acids is 2. The number of carboxylic acid groups (broad SMARTS) is 2.